The van der Waals surface area contributed by atoms with Gasteiger partial charge in [-0.25, -0.2) is 0 Å². The van der Waals surface area contributed by atoms with Crippen LogP contribution in [0.15, 0.2) is 29.2 Å². The monoisotopic (exact) mass is 416 g/mol. The van der Waals surface area contributed by atoms with Crippen molar-refractivity contribution in [3.63, 3.8) is 0 Å². The minimum atomic E-state index is -0.404. The molecule has 1 aromatic carbocycles. The van der Waals surface area contributed by atoms with Gasteiger partial charge in [-0.2, -0.15) is 0 Å². The normalized spacial score (nSPS) is 19.5. The lowest BCUT2D eigenvalue weighted by Crippen LogP contribution is -2.45. The van der Waals surface area contributed by atoms with E-state index in [0.717, 1.165) is 40.8 Å². The van der Waals surface area contributed by atoms with E-state index in [-0.39, 0.29) is 12.5 Å². The quantitative estimate of drug-likeness (QED) is 0.656. The molecule has 3 rings (SSSR count). The number of nitrogens with zero attached hydrogens (tertiary/aromatic N) is 2. The predicted molar refractivity (Wildman–Crippen MR) is 114 cm³/mol. The molecule has 2 aliphatic heterocycles. The van der Waals surface area contributed by atoms with Gasteiger partial charge >= 0.3 is 0 Å². The van der Waals surface area contributed by atoms with Crippen molar-refractivity contribution in [3.05, 3.63) is 34.7 Å². The highest BCUT2D eigenvalue weighted by molar-refractivity contribution is 8.18. The van der Waals surface area contributed by atoms with Crippen LogP contribution in [0.4, 0.5) is 4.79 Å². The van der Waals surface area contributed by atoms with Gasteiger partial charge in [-0.05, 0) is 60.2 Å². The summed E-state index contributed by atoms with van der Waals surface area (Å²) in [7, 11) is 0. The minimum absolute atomic E-state index is 0.160. The Morgan fingerprint density at radius 2 is 1.86 bits per heavy atom. The Morgan fingerprint density at radius 1 is 1.21 bits per heavy atom. The molecule has 0 aliphatic carbocycles. The van der Waals surface area contributed by atoms with Crippen LogP contribution in [-0.4, -0.2) is 53.1 Å². The average molecular weight is 417 g/mol. The lowest BCUT2D eigenvalue weighted by atomic mass is 9.99. The maximum absolute atomic E-state index is 12.7. The SMILES string of the molecule is CC(C)COc1ccc(/C=C2\SC(=O)N(CC(=O)N3CCC(C)CC3)C2=O)cc1. The van der Waals surface area contributed by atoms with Crippen LogP contribution in [0, 0.1) is 11.8 Å². The zero-order chi connectivity index (χ0) is 21.0. The smallest absolute Gasteiger partial charge is 0.294 e. The summed E-state index contributed by atoms with van der Waals surface area (Å²) in [5.74, 6) is 1.26. The summed E-state index contributed by atoms with van der Waals surface area (Å²) in [5.41, 5.74) is 0.809. The van der Waals surface area contributed by atoms with Gasteiger partial charge in [0.1, 0.15) is 12.3 Å². The number of likely N-dealkylation sites (tertiary alicyclic amines) is 1. The molecular weight excluding hydrogens is 388 g/mol. The van der Waals surface area contributed by atoms with Crippen LogP contribution in [0.1, 0.15) is 39.2 Å². The molecule has 2 fully saturated rings. The predicted octanol–water partition coefficient (Wildman–Crippen LogP) is 4.02. The van der Waals surface area contributed by atoms with Crippen LogP contribution < -0.4 is 4.74 Å². The molecule has 2 heterocycles. The fraction of sp³-hybridized carbons (Fsp3) is 0.500. The van der Waals surface area contributed by atoms with Gasteiger partial charge in [0.05, 0.1) is 11.5 Å². The number of hydrogen-bond acceptors (Lipinski definition) is 5. The zero-order valence-corrected chi connectivity index (χ0v) is 18.0. The Morgan fingerprint density at radius 3 is 2.48 bits per heavy atom. The molecule has 29 heavy (non-hydrogen) atoms. The lowest BCUT2D eigenvalue weighted by molar-refractivity contribution is -0.136. The van der Waals surface area contributed by atoms with Crippen LogP contribution in [0.25, 0.3) is 6.08 Å². The molecule has 156 valence electrons. The summed E-state index contributed by atoms with van der Waals surface area (Å²) in [6.07, 6.45) is 3.61. The summed E-state index contributed by atoms with van der Waals surface area (Å²) in [5, 5.41) is -0.392. The van der Waals surface area contributed by atoms with Crippen molar-refractivity contribution < 1.29 is 19.1 Å². The molecule has 0 saturated carbocycles. The van der Waals surface area contributed by atoms with Crippen LogP contribution >= 0.6 is 11.8 Å². The summed E-state index contributed by atoms with van der Waals surface area (Å²) in [6.45, 7) is 8.18. The highest BCUT2D eigenvalue weighted by Gasteiger charge is 2.37. The van der Waals surface area contributed by atoms with Crippen LogP contribution in [0.5, 0.6) is 5.75 Å². The van der Waals surface area contributed by atoms with Gasteiger partial charge in [-0.3, -0.25) is 19.3 Å². The number of benzene rings is 1. The molecule has 0 spiro atoms. The van der Waals surface area contributed by atoms with Crippen LogP contribution in [0.2, 0.25) is 0 Å². The van der Waals surface area contributed by atoms with Gasteiger partial charge in [0.15, 0.2) is 0 Å². The third kappa shape index (κ3) is 5.63. The van der Waals surface area contributed by atoms with Crippen molar-refractivity contribution in [3.8, 4) is 5.75 Å². The number of rotatable bonds is 6. The number of imide groups is 1. The van der Waals surface area contributed by atoms with Gasteiger partial charge in [-0.1, -0.05) is 32.9 Å². The van der Waals surface area contributed by atoms with Crippen molar-refractivity contribution in [2.45, 2.75) is 33.6 Å². The van der Waals surface area contributed by atoms with Crippen LogP contribution in [0.3, 0.4) is 0 Å². The zero-order valence-electron chi connectivity index (χ0n) is 17.2. The van der Waals surface area contributed by atoms with Crippen molar-refractivity contribution in [2.24, 2.45) is 11.8 Å². The largest absolute Gasteiger partial charge is 0.493 e. The van der Waals surface area contributed by atoms with Gasteiger partial charge < -0.3 is 9.64 Å². The molecule has 6 nitrogen and oxygen atoms in total. The molecule has 2 saturated heterocycles. The van der Waals surface area contributed by atoms with E-state index in [4.69, 9.17) is 4.74 Å². The Hall–Kier alpha value is -2.28. The summed E-state index contributed by atoms with van der Waals surface area (Å²) >= 11 is 0.881. The molecule has 0 unspecified atom stereocenters. The Kier molecular flexibility index (Phi) is 7.00. The fourth-order valence-electron chi connectivity index (χ4n) is 3.20. The molecule has 7 heteroatoms. The number of carbonyl (C=O) groups excluding carboxylic acids is 3. The van der Waals surface area contributed by atoms with E-state index in [2.05, 4.69) is 20.8 Å². The molecular formula is C22H28N2O4S. The van der Waals surface area contributed by atoms with E-state index >= 15 is 0 Å². The first-order chi connectivity index (χ1) is 13.8. The number of ether oxygens (including phenoxy) is 1. The molecule has 0 aromatic heterocycles. The number of piperidine rings is 1. The molecule has 0 atom stereocenters. The van der Waals surface area contributed by atoms with E-state index in [1.54, 1.807) is 11.0 Å². The molecule has 0 bridgehead atoms. The topological polar surface area (TPSA) is 66.9 Å². The highest BCUT2D eigenvalue weighted by Crippen LogP contribution is 2.32. The average Bonchev–Trinajstić information content (AvgIpc) is 2.95. The maximum Gasteiger partial charge on any atom is 0.294 e. The number of carbonyl (C=O) groups is 3. The lowest BCUT2D eigenvalue weighted by Gasteiger charge is -2.31. The summed E-state index contributed by atoms with van der Waals surface area (Å²) in [6, 6.07) is 7.39. The van der Waals surface area contributed by atoms with E-state index in [1.807, 2.05) is 24.3 Å². The van der Waals surface area contributed by atoms with E-state index < -0.39 is 11.1 Å². The molecule has 0 N–H and O–H groups in total. The third-order valence-electron chi connectivity index (χ3n) is 5.06. The minimum Gasteiger partial charge on any atom is -0.493 e. The molecule has 0 radical (unpaired) electrons. The van der Waals surface area contributed by atoms with Crippen molar-refractivity contribution in [2.75, 3.05) is 26.2 Å². The molecule has 1 aromatic rings. The van der Waals surface area contributed by atoms with E-state index in [9.17, 15) is 14.4 Å². The highest BCUT2D eigenvalue weighted by atomic mass is 32.2. The first-order valence-corrected chi connectivity index (χ1v) is 10.9. The number of thioether (sulfide) groups is 1. The molecule has 3 amide bonds. The fourth-order valence-corrected chi connectivity index (χ4v) is 4.04. The van der Waals surface area contributed by atoms with Crippen LogP contribution in [-0.2, 0) is 9.59 Å². The maximum atomic E-state index is 12.7. The standard InChI is InChI=1S/C22H28N2O4S/c1-15(2)14-28-18-6-4-17(5-7-18)12-19-21(26)24(22(27)29-19)13-20(25)23-10-8-16(3)9-11-23/h4-7,12,15-16H,8-11,13-14H2,1-3H3/b19-12-. The summed E-state index contributed by atoms with van der Waals surface area (Å²) in [4.78, 5) is 40.6. The first-order valence-electron chi connectivity index (χ1n) is 10.1. The van der Waals surface area contributed by atoms with Crippen molar-refractivity contribution in [1.82, 2.24) is 9.80 Å². The van der Waals surface area contributed by atoms with Gasteiger partial charge in [0.25, 0.3) is 11.1 Å². The Bertz CT molecular complexity index is 796. The van der Waals surface area contributed by atoms with E-state index in [0.29, 0.717) is 36.4 Å². The second kappa shape index (κ2) is 9.48. The second-order valence-corrected chi connectivity index (χ2v) is 9.10. The number of amides is 3. The summed E-state index contributed by atoms with van der Waals surface area (Å²) < 4.78 is 5.66. The van der Waals surface area contributed by atoms with Gasteiger partial charge in [0, 0.05) is 13.1 Å². The Labute approximate surface area is 176 Å². The van der Waals surface area contributed by atoms with Gasteiger partial charge in [0.2, 0.25) is 5.91 Å². The second-order valence-electron chi connectivity index (χ2n) is 8.11. The van der Waals surface area contributed by atoms with Gasteiger partial charge in [-0.15, -0.1) is 0 Å². The molecule has 2 aliphatic rings. The third-order valence-corrected chi connectivity index (χ3v) is 5.97. The number of hydrogen-bond donors (Lipinski definition) is 0. The Balaban J connectivity index is 1.61. The first kappa shape index (κ1) is 21.4. The van der Waals surface area contributed by atoms with E-state index in [1.165, 1.54) is 0 Å². The van der Waals surface area contributed by atoms with Crippen molar-refractivity contribution >= 4 is 34.9 Å². The van der Waals surface area contributed by atoms with Crippen molar-refractivity contribution in [1.29, 1.82) is 0 Å².